The Hall–Kier alpha value is -3.12. The van der Waals surface area contributed by atoms with Gasteiger partial charge in [0, 0.05) is 69.3 Å². The number of likely N-dealkylation sites (tertiary alicyclic amines) is 1. The molecule has 1 unspecified atom stereocenters. The van der Waals surface area contributed by atoms with E-state index in [4.69, 9.17) is 0 Å². The molecule has 2 atom stereocenters. The van der Waals surface area contributed by atoms with Gasteiger partial charge in [-0.05, 0) is 41.0 Å². The molecule has 0 spiro atoms. The van der Waals surface area contributed by atoms with Crippen molar-refractivity contribution in [3.63, 3.8) is 0 Å². The Morgan fingerprint density at radius 3 is 2.43 bits per heavy atom. The number of pyridine rings is 3. The molecule has 0 aromatic carbocycles. The molecule has 1 amide bonds. The van der Waals surface area contributed by atoms with Crippen molar-refractivity contribution in [2.75, 3.05) is 13.1 Å². The van der Waals surface area contributed by atoms with Gasteiger partial charge in [-0.2, -0.15) is 0 Å². The molecular formula is C22H23N5O. The van der Waals surface area contributed by atoms with Crippen LogP contribution in [0.15, 0.2) is 73.6 Å². The normalized spacial score (nSPS) is 19.4. The maximum atomic E-state index is 13.0. The zero-order valence-corrected chi connectivity index (χ0v) is 15.6. The standard InChI is InChI=1S/C22H23N5O/c28-22(26-12-17-5-9-23-10-6-17)21-16-27(14-18-3-1-7-24-11-18)15-20(21)19-4-2-8-25-13-19/h1-11,13,20-21H,12,14-16H2,(H,26,28)/t20-,21?/m1/s1. The summed E-state index contributed by atoms with van der Waals surface area (Å²) in [7, 11) is 0. The third-order valence-corrected chi connectivity index (χ3v) is 5.19. The van der Waals surface area contributed by atoms with Crippen molar-refractivity contribution >= 4 is 5.91 Å². The highest BCUT2D eigenvalue weighted by atomic mass is 16.1. The fourth-order valence-corrected chi connectivity index (χ4v) is 3.78. The summed E-state index contributed by atoms with van der Waals surface area (Å²) in [4.78, 5) is 27.8. The quantitative estimate of drug-likeness (QED) is 0.718. The number of hydrogen-bond acceptors (Lipinski definition) is 5. The lowest BCUT2D eigenvalue weighted by Crippen LogP contribution is -2.34. The van der Waals surface area contributed by atoms with Crippen LogP contribution in [0.25, 0.3) is 0 Å². The van der Waals surface area contributed by atoms with Crippen molar-refractivity contribution in [2.24, 2.45) is 5.92 Å². The summed E-state index contributed by atoms with van der Waals surface area (Å²) >= 11 is 0. The Bertz CT molecular complexity index is 889. The van der Waals surface area contributed by atoms with Crippen molar-refractivity contribution < 1.29 is 4.79 Å². The van der Waals surface area contributed by atoms with E-state index in [0.717, 1.165) is 36.3 Å². The number of carbonyl (C=O) groups is 1. The third-order valence-electron chi connectivity index (χ3n) is 5.19. The van der Waals surface area contributed by atoms with Gasteiger partial charge in [-0.1, -0.05) is 12.1 Å². The average Bonchev–Trinajstić information content (AvgIpc) is 3.18. The number of hydrogen-bond donors (Lipinski definition) is 1. The van der Waals surface area contributed by atoms with E-state index in [9.17, 15) is 4.79 Å². The topological polar surface area (TPSA) is 71.0 Å². The van der Waals surface area contributed by atoms with Crippen LogP contribution >= 0.6 is 0 Å². The van der Waals surface area contributed by atoms with E-state index in [2.05, 4.69) is 37.3 Å². The minimum Gasteiger partial charge on any atom is -0.352 e. The first-order valence-corrected chi connectivity index (χ1v) is 9.47. The van der Waals surface area contributed by atoms with Crippen molar-refractivity contribution in [1.82, 2.24) is 25.2 Å². The van der Waals surface area contributed by atoms with Crippen molar-refractivity contribution in [3.05, 3.63) is 90.3 Å². The lowest BCUT2D eigenvalue weighted by molar-refractivity contribution is -0.125. The van der Waals surface area contributed by atoms with Crippen LogP contribution in [-0.4, -0.2) is 38.8 Å². The van der Waals surface area contributed by atoms with Gasteiger partial charge >= 0.3 is 0 Å². The van der Waals surface area contributed by atoms with E-state index in [1.54, 1.807) is 24.8 Å². The summed E-state index contributed by atoms with van der Waals surface area (Å²) < 4.78 is 0. The van der Waals surface area contributed by atoms with Crippen molar-refractivity contribution in [2.45, 2.75) is 19.0 Å². The van der Waals surface area contributed by atoms with E-state index in [0.29, 0.717) is 6.54 Å². The maximum Gasteiger partial charge on any atom is 0.225 e. The zero-order chi connectivity index (χ0) is 19.2. The second-order valence-electron chi connectivity index (χ2n) is 7.13. The summed E-state index contributed by atoms with van der Waals surface area (Å²) in [6.07, 6.45) is 10.8. The summed E-state index contributed by atoms with van der Waals surface area (Å²) in [6.45, 7) is 2.85. The van der Waals surface area contributed by atoms with Gasteiger partial charge in [0.2, 0.25) is 5.91 Å². The van der Waals surface area contributed by atoms with Crippen molar-refractivity contribution in [1.29, 1.82) is 0 Å². The molecule has 3 aromatic rings. The SMILES string of the molecule is O=C(NCc1ccncc1)C1CN(Cc2cccnc2)C[C@@H]1c1cccnc1. The molecule has 1 fully saturated rings. The highest BCUT2D eigenvalue weighted by molar-refractivity contribution is 5.80. The van der Waals surface area contributed by atoms with Crippen LogP contribution in [0.1, 0.15) is 22.6 Å². The molecule has 1 saturated heterocycles. The smallest absolute Gasteiger partial charge is 0.225 e. The summed E-state index contributed by atoms with van der Waals surface area (Å²) in [6, 6.07) is 11.9. The molecule has 3 aromatic heterocycles. The van der Waals surface area contributed by atoms with E-state index >= 15 is 0 Å². The molecule has 6 heteroatoms. The maximum absolute atomic E-state index is 13.0. The third kappa shape index (κ3) is 4.40. The van der Waals surface area contributed by atoms with E-state index in [1.807, 2.05) is 36.7 Å². The molecule has 4 rings (SSSR count). The second-order valence-corrected chi connectivity index (χ2v) is 7.13. The highest BCUT2D eigenvalue weighted by Crippen LogP contribution is 2.33. The first kappa shape index (κ1) is 18.3. The summed E-state index contributed by atoms with van der Waals surface area (Å²) in [5, 5.41) is 3.10. The van der Waals surface area contributed by atoms with Gasteiger partial charge in [0.05, 0.1) is 5.92 Å². The van der Waals surface area contributed by atoms with Gasteiger partial charge in [-0.25, -0.2) is 0 Å². The minimum absolute atomic E-state index is 0.0827. The average molecular weight is 373 g/mol. The highest BCUT2D eigenvalue weighted by Gasteiger charge is 2.38. The van der Waals surface area contributed by atoms with Gasteiger partial charge in [0.15, 0.2) is 0 Å². The molecule has 0 aliphatic carbocycles. The van der Waals surface area contributed by atoms with E-state index in [-0.39, 0.29) is 17.7 Å². The molecule has 1 N–H and O–H groups in total. The van der Waals surface area contributed by atoms with Gasteiger partial charge < -0.3 is 5.32 Å². The molecule has 4 heterocycles. The monoisotopic (exact) mass is 373 g/mol. The van der Waals surface area contributed by atoms with Crippen LogP contribution in [0.4, 0.5) is 0 Å². The van der Waals surface area contributed by atoms with E-state index in [1.165, 1.54) is 0 Å². The van der Waals surface area contributed by atoms with Crippen LogP contribution in [0.5, 0.6) is 0 Å². The molecule has 142 valence electrons. The molecule has 0 bridgehead atoms. The molecule has 28 heavy (non-hydrogen) atoms. The first-order chi connectivity index (χ1) is 13.8. The van der Waals surface area contributed by atoms with Crippen LogP contribution < -0.4 is 5.32 Å². The Morgan fingerprint density at radius 1 is 0.929 bits per heavy atom. The Kier molecular flexibility index (Phi) is 5.68. The summed E-state index contributed by atoms with van der Waals surface area (Å²) in [5.74, 6) is 0.102. The molecular weight excluding hydrogens is 350 g/mol. The molecule has 0 radical (unpaired) electrons. The Morgan fingerprint density at radius 2 is 1.71 bits per heavy atom. The van der Waals surface area contributed by atoms with Gasteiger partial charge in [-0.15, -0.1) is 0 Å². The lowest BCUT2D eigenvalue weighted by atomic mass is 9.89. The van der Waals surface area contributed by atoms with Crippen LogP contribution in [0.3, 0.4) is 0 Å². The Labute approximate surface area is 164 Å². The van der Waals surface area contributed by atoms with Gasteiger partial charge in [0.25, 0.3) is 0 Å². The summed E-state index contributed by atoms with van der Waals surface area (Å²) in [5.41, 5.74) is 3.32. The predicted octanol–water partition coefficient (Wildman–Crippen LogP) is 2.40. The number of amides is 1. The van der Waals surface area contributed by atoms with Gasteiger partial charge in [0.1, 0.15) is 0 Å². The predicted molar refractivity (Wildman–Crippen MR) is 106 cm³/mol. The Balaban J connectivity index is 1.48. The number of aromatic nitrogens is 3. The minimum atomic E-state index is -0.109. The van der Waals surface area contributed by atoms with Crippen LogP contribution in [-0.2, 0) is 17.9 Å². The fraction of sp³-hybridized carbons (Fsp3) is 0.273. The molecule has 6 nitrogen and oxygen atoms in total. The van der Waals surface area contributed by atoms with E-state index < -0.39 is 0 Å². The molecule has 0 saturated carbocycles. The van der Waals surface area contributed by atoms with Crippen LogP contribution in [0, 0.1) is 5.92 Å². The number of carbonyl (C=O) groups excluding carboxylic acids is 1. The first-order valence-electron chi connectivity index (χ1n) is 9.47. The largest absolute Gasteiger partial charge is 0.352 e. The number of nitrogens with one attached hydrogen (secondary N) is 1. The molecule has 1 aliphatic rings. The number of rotatable bonds is 6. The zero-order valence-electron chi connectivity index (χ0n) is 15.6. The fourth-order valence-electron chi connectivity index (χ4n) is 3.78. The van der Waals surface area contributed by atoms with Crippen LogP contribution in [0.2, 0.25) is 0 Å². The van der Waals surface area contributed by atoms with Gasteiger partial charge in [-0.3, -0.25) is 24.6 Å². The number of nitrogens with zero attached hydrogens (tertiary/aromatic N) is 4. The van der Waals surface area contributed by atoms with Crippen molar-refractivity contribution in [3.8, 4) is 0 Å². The second kappa shape index (κ2) is 8.71. The lowest BCUT2D eigenvalue weighted by Gasteiger charge is -2.18. The molecule has 1 aliphatic heterocycles.